The van der Waals surface area contributed by atoms with Gasteiger partial charge < -0.3 is 20.1 Å². The average Bonchev–Trinajstić information content (AvgIpc) is 3.03. The number of rotatable bonds is 5. The number of benzene rings is 2. The molecule has 25 heavy (non-hydrogen) atoms. The number of phenols is 1. The molecule has 6 nitrogen and oxygen atoms in total. The van der Waals surface area contributed by atoms with E-state index in [9.17, 15) is 14.7 Å². The van der Waals surface area contributed by atoms with E-state index in [1.807, 2.05) is 0 Å². The molecule has 0 unspecified atom stereocenters. The van der Waals surface area contributed by atoms with Crippen molar-refractivity contribution in [3.63, 3.8) is 0 Å². The fraction of sp³-hybridized carbons (Fsp3) is 0.263. The third kappa shape index (κ3) is 3.74. The normalized spacial score (nSPS) is 13.8. The third-order valence-corrected chi connectivity index (χ3v) is 4.17. The lowest BCUT2D eigenvalue weighted by Crippen LogP contribution is -2.24. The number of nitrogens with zero attached hydrogens (tertiary/aromatic N) is 1. The highest BCUT2D eigenvalue weighted by atomic mass is 16.5. The van der Waals surface area contributed by atoms with Crippen molar-refractivity contribution >= 4 is 23.2 Å². The SMILES string of the molecule is COc1ccc(NC(=O)Cc2ccccc2O)cc1N1CCCC1=O. The highest BCUT2D eigenvalue weighted by Crippen LogP contribution is 2.34. The molecule has 1 heterocycles. The van der Waals surface area contributed by atoms with Crippen LogP contribution in [-0.2, 0) is 16.0 Å². The number of amides is 2. The minimum atomic E-state index is -0.245. The molecule has 1 aliphatic heterocycles. The predicted octanol–water partition coefficient (Wildman–Crippen LogP) is 2.71. The zero-order chi connectivity index (χ0) is 17.8. The second kappa shape index (κ2) is 7.25. The van der Waals surface area contributed by atoms with E-state index in [4.69, 9.17) is 4.74 Å². The summed E-state index contributed by atoms with van der Waals surface area (Å²) in [7, 11) is 1.55. The summed E-state index contributed by atoms with van der Waals surface area (Å²) in [5, 5.41) is 12.6. The van der Waals surface area contributed by atoms with Crippen LogP contribution in [0.2, 0.25) is 0 Å². The van der Waals surface area contributed by atoms with Crippen molar-refractivity contribution in [1.82, 2.24) is 0 Å². The largest absolute Gasteiger partial charge is 0.508 e. The Kier molecular flexibility index (Phi) is 4.88. The first-order valence-corrected chi connectivity index (χ1v) is 8.13. The maximum atomic E-state index is 12.3. The number of ether oxygens (including phenoxy) is 1. The Labute approximate surface area is 146 Å². The minimum Gasteiger partial charge on any atom is -0.508 e. The van der Waals surface area contributed by atoms with Gasteiger partial charge in [0.25, 0.3) is 0 Å². The maximum absolute atomic E-state index is 12.3. The van der Waals surface area contributed by atoms with Gasteiger partial charge in [-0.25, -0.2) is 0 Å². The molecule has 6 heteroatoms. The van der Waals surface area contributed by atoms with Crippen molar-refractivity contribution in [2.24, 2.45) is 0 Å². The number of nitrogens with one attached hydrogen (secondary N) is 1. The van der Waals surface area contributed by atoms with Crippen LogP contribution in [0.1, 0.15) is 18.4 Å². The van der Waals surface area contributed by atoms with Gasteiger partial charge in [-0.2, -0.15) is 0 Å². The van der Waals surface area contributed by atoms with E-state index in [2.05, 4.69) is 5.32 Å². The number of hydrogen-bond acceptors (Lipinski definition) is 4. The first-order valence-electron chi connectivity index (χ1n) is 8.13. The molecular weight excluding hydrogens is 320 g/mol. The Morgan fingerprint density at radius 1 is 1.28 bits per heavy atom. The predicted molar refractivity (Wildman–Crippen MR) is 95.0 cm³/mol. The minimum absolute atomic E-state index is 0.0518. The lowest BCUT2D eigenvalue weighted by Gasteiger charge is -2.20. The van der Waals surface area contributed by atoms with Gasteiger partial charge in [0.15, 0.2) is 0 Å². The lowest BCUT2D eigenvalue weighted by atomic mass is 10.1. The van der Waals surface area contributed by atoms with Crippen LogP contribution in [-0.4, -0.2) is 30.6 Å². The maximum Gasteiger partial charge on any atom is 0.228 e. The molecule has 1 aliphatic rings. The molecule has 2 aromatic carbocycles. The van der Waals surface area contributed by atoms with Gasteiger partial charge in [0.05, 0.1) is 19.2 Å². The summed E-state index contributed by atoms with van der Waals surface area (Å²) in [5.74, 6) is 0.492. The van der Waals surface area contributed by atoms with Crippen molar-refractivity contribution in [2.45, 2.75) is 19.3 Å². The van der Waals surface area contributed by atoms with E-state index >= 15 is 0 Å². The summed E-state index contributed by atoms with van der Waals surface area (Å²) in [6, 6.07) is 11.9. The van der Waals surface area contributed by atoms with Gasteiger partial charge in [-0.3, -0.25) is 9.59 Å². The highest BCUT2D eigenvalue weighted by molar-refractivity contribution is 5.99. The number of aromatic hydroxyl groups is 1. The Bertz CT molecular complexity index is 804. The van der Waals surface area contributed by atoms with Crippen LogP contribution < -0.4 is 15.0 Å². The molecule has 3 rings (SSSR count). The Morgan fingerprint density at radius 2 is 2.08 bits per heavy atom. The molecule has 2 aromatic rings. The van der Waals surface area contributed by atoms with E-state index in [1.165, 1.54) is 0 Å². The van der Waals surface area contributed by atoms with E-state index in [0.29, 0.717) is 35.7 Å². The fourth-order valence-corrected chi connectivity index (χ4v) is 2.92. The molecule has 0 bridgehead atoms. The van der Waals surface area contributed by atoms with E-state index in [-0.39, 0.29) is 24.0 Å². The van der Waals surface area contributed by atoms with Crippen LogP contribution in [0.25, 0.3) is 0 Å². The quantitative estimate of drug-likeness (QED) is 0.877. The molecule has 2 N–H and O–H groups in total. The van der Waals surface area contributed by atoms with Gasteiger partial charge in [-0.1, -0.05) is 18.2 Å². The summed E-state index contributed by atoms with van der Waals surface area (Å²) >= 11 is 0. The molecule has 0 radical (unpaired) electrons. The topological polar surface area (TPSA) is 78.9 Å². The zero-order valence-electron chi connectivity index (χ0n) is 14.0. The van der Waals surface area contributed by atoms with Crippen LogP contribution in [0.4, 0.5) is 11.4 Å². The molecule has 0 atom stereocenters. The van der Waals surface area contributed by atoms with Gasteiger partial charge in [0.2, 0.25) is 11.8 Å². The average molecular weight is 340 g/mol. The molecule has 0 spiro atoms. The van der Waals surface area contributed by atoms with Gasteiger partial charge in [-0.15, -0.1) is 0 Å². The number of methoxy groups -OCH3 is 1. The molecular formula is C19H20N2O4. The van der Waals surface area contributed by atoms with Crippen LogP contribution in [0.5, 0.6) is 11.5 Å². The second-order valence-electron chi connectivity index (χ2n) is 5.89. The Balaban J connectivity index is 1.77. The van der Waals surface area contributed by atoms with Crippen molar-refractivity contribution in [3.05, 3.63) is 48.0 Å². The van der Waals surface area contributed by atoms with Crippen molar-refractivity contribution < 1.29 is 19.4 Å². The van der Waals surface area contributed by atoms with Gasteiger partial charge >= 0.3 is 0 Å². The standard InChI is InChI=1S/C19H20N2O4/c1-25-17-9-8-14(12-15(17)21-10-4-7-19(21)24)20-18(23)11-13-5-2-3-6-16(13)22/h2-3,5-6,8-9,12,22H,4,7,10-11H2,1H3,(H,20,23). The summed E-state index contributed by atoms with van der Waals surface area (Å²) in [6.45, 7) is 0.643. The first kappa shape index (κ1) is 16.8. The fourth-order valence-electron chi connectivity index (χ4n) is 2.92. The first-order chi connectivity index (χ1) is 12.1. The van der Waals surface area contributed by atoms with Crippen LogP contribution in [0.3, 0.4) is 0 Å². The number of para-hydroxylation sites is 1. The van der Waals surface area contributed by atoms with Crippen molar-refractivity contribution in [3.8, 4) is 11.5 Å². The number of carbonyl (C=O) groups is 2. The smallest absolute Gasteiger partial charge is 0.228 e. The molecule has 0 aromatic heterocycles. The number of phenolic OH excluding ortho intramolecular Hbond substituents is 1. The van der Waals surface area contributed by atoms with Crippen LogP contribution >= 0.6 is 0 Å². The van der Waals surface area contributed by atoms with E-state index in [0.717, 1.165) is 6.42 Å². The van der Waals surface area contributed by atoms with Crippen molar-refractivity contribution in [1.29, 1.82) is 0 Å². The lowest BCUT2D eigenvalue weighted by molar-refractivity contribution is -0.117. The molecule has 0 saturated carbocycles. The van der Waals surface area contributed by atoms with Crippen LogP contribution in [0, 0.1) is 0 Å². The highest BCUT2D eigenvalue weighted by Gasteiger charge is 2.24. The number of hydrogen-bond donors (Lipinski definition) is 2. The summed E-state index contributed by atoms with van der Waals surface area (Å²) in [5.41, 5.74) is 1.80. The zero-order valence-corrected chi connectivity index (χ0v) is 14.0. The second-order valence-corrected chi connectivity index (χ2v) is 5.89. The van der Waals surface area contributed by atoms with Gasteiger partial charge in [0, 0.05) is 24.2 Å². The summed E-state index contributed by atoms with van der Waals surface area (Å²) in [4.78, 5) is 25.9. The number of carbonyl (C=O) groups excluding carboxylic acids is 2. The monoisotopic (exact) mass is 340 g/mol. The molecule has 1 saturated heterocycles. The summed E-state index contributed by atoms with van der Waals surface area (Å²) < 4.78 is 5.34. The number of anilines is 2. The molecule has 1 fully saturated rings. The Hall–Kier alpha value is -3.02. The molecule has 130 valence electrons. The third-order valence-electron chi connectivity index (χ3n) is 4.17. The van der Waals surface area contributed by atoms with Gasteiger partial charge in [-0.05, 0) is 30.7 Å². The van der Waals surface area contributed by atoms with E-state index < -0.39 is 0 Å². The van der Waals surface area contributed by atoms with Crippen LogP contribution in [0.15, 0.2) is 42.5 Å². The van der Waals surface area contributed by atoms with Crippen molar-refractivity contribution in [2.75, 3.05) is 23.9 Å². The van der Waals surface area contributed by atoms with Gasteiger partial charge in [0.1, 0.15) is 11.5 Å². The summed E-state index contributed by atoms with van der Waals surface area (Å²) in [6.07, 6.45) is 1.40. The molecule has 2 amide bonds. The van der Waals surface area contributed by atoms with E-state index in [1.54, 1.807) is 54.5 Å². The Morgan fingerprint density at radius 3 is 2.76 bits per heavy atom. The molecule has 0 aliphatic carbocycles.